The first-order valence-electron chi connectivity index (χ1n) is 6.32. The Labute approximate surface area is 113 Å². The number of fused-ring (bicyclic) bond motifs is 1. The van der Waals surface area contributed by atoms with Gasteiger partial charge in [0.25, 0.3) is 0 Å². The van der Waals surface area contributed by atoms with Crippen molar-refractivity contribution in [3.63, 3.8) is 0 Å². The van der Waals surface area contributed by atoms with Gasteiger partial charge in [-0.05, 0) is 18.9 Å². The first-order valence-corrected chi connectivity index (χ1v) is 7.93. The minimum atomic E-state index is -3.41. The van der Waals surface area contributed by atoms with Crippen molar-refractivity contribution in [3.05, 3.63) is 29.8 Å². The molecule has 0 spiro atoms. The second kappa shape index (κ2) is 5.90. The first kappa shape index (κ1) is 14.3. The highest BCUT2D eigenvalue weighted by atomic mass is 32.2. The Morgan fingerprint density at radius 1 is 1.42 bits per heavy atom. The van der Waals surface area contributed by atoms with Gasteiger partial charge >= 0.3 is 0 Å². The van der Waals surface area contributed by atoms with E-state index in [0.29, 0.717) is 30.6 Å². The summed E-state index contributed by atoms with van der Waals surface area (Å²) in [6.45, 7) is 0.573. The van der Waals surface area contributed by atoms with Crippen molar-refractivity contribution in [2.75, 3.05) is 30.3 Å². The molecule has 0 saturated carbocycles. The molecule has 1 heterocycles. The van der Waals surface area contributed by atoms with E-state index in [0.717, 1.165) is 0 Å². The molecule has 19 heavy (non-hydrogen) atoms. The fourth-order valence-corrected chi connectivity index (χ4v) is 3.76. The lowest BCUT2D eigenvalue weighted by Gasteiger charge is -2.24. The smallest absolute Gasteiger partial charge is 0.237 e. The summed E-state index contributed by atoms with van der Waals surface area (Å²) in [5.41, 5.74) is 1.27. The second-order valence-electron chi connectivity index (χ2n) is 4.60. The predicted octanol–water partition coefficient (Wildman–Crippen LogP) is 1.30. The monoisotopic (exact) mass is 285 g/mol. The molecule has 1 N–H and O–H groups in total. The number of ether oxygens (including phenoxy) is 1. The van der Waals surface area contributed by atoms with E-state index in [4.69, 9.17) is 4.74 Å². The molecule has 1 unspecified atom stereocenters. The number of hydrogen-bond acceptors (Lipinski definition) is 4. The number of benzene rings is 1. The van der Waals surface area contributed by atoms with Gasteiger partial charge in [-0.3, -0.25) is 4.31 Å². The number of anilines is 1. The van der Waals surface area contributed by atoms with E-state index in [1.165, 1.54) is 11.4 Å². The minimum absolute atomic E-state index is 0.0477. The van der Waals surface area contributed by atoms with Crippen LogP contribution >= 0.6 is 0 Å². The summed E-state index contributed by atoms with van der Waals surface area (Å²) in [6.07, 6.45) is 0.619. The molecular weight excluding hydrogens is 266 g/mol. The second-order valence-corrected chi connectivity index (χ2v) is 6.61. The van der Waals surface area contributed by atoms with E-state index in [1.807, 2.05) is 6.07 Å². The number of para-hydroxylation sites is 1. The summed E-state index contributed by atoms with van der Waals surface area (Å²) in [5, 5.41) is 10.1. The zero-order valence-corrected chi connectivity index (χ0v) is 11.8. The summed E-state index contributed by atoms with van der Waals surface area (Å²) in [7, 11) is -1.93. The van der Waals surface area contributed by atoms with Crippen LogP contribution in [0.5, 0.6) is 0 Å². The van der Waals surface area contributed by atoms with Crippen LogP contribution in [0.1, 0.15) is 24.5 Å². The zero-order chi connectivity index (χ0) is 13.9. The molecule has 1 aromatic carbocycles. The van der Waals surface area contributed by atoms with Crippen LogP contribution in [0.25, 0.3) is 0 Å². The van der Waals surface area contributed by atoms with Crippen LogP contribution in [0, 0.1) is 0 Å². The van der Waals surface area contributed by atoms with Gasteiger partial charge in [-0.1, -0.05) is 18.2 Å². The maximum atomic E-state index is 12.3. The number of methoxy groups -OCH3 is 1. The van der Waals surface area contributed by atoms with Crippen LogP contribution in [0.2, 0.25) is 0 Å². The maximum Gasteiger partial charge on any atom is 0.237 e. The largest absolute Gasteiger partial charge is 0.388 e. The Morgan fingerprint density at radius 3 is 2.89 bits per heavy atom. The third-order valence-corrected chi connectivity index (χ3v) is 5.02. The van der Waals surface area contributed by atoms with Gasteiger partial charge in [-0.25, -0.2) is 8.42 Å². The van der Waals surface area contributed by atoms with Crippen molar-refractivity contribution in [2.24, 2.45) is 0 Å². The lowest BCUT2D eigenvalue weighted by molar-refractivity contribution is 0.168. The fraction of sp³-hybridized carbons (Fsp3) is 0.538. The Bertz CT molecular complexity index is 529. The lowest BCUT2D eigenvalue weighted by atomic mass is 10.1. The van der Waals surface area contributed by atoms with Gasteiger partial charge in [0, 0.05) is 19.2 Å². The van der Waals surface area contributed by atoms with E-state index >= 15 is 0 Å². The van der Waals surface area contributed by atoms with Crippen molar-refractivity contribution in [1.82, 2.24) is 0 Å². The van der Waals surface area contributed by atoms with Gasteiger partial charge in [0.2, 0.25) is 10.0 Å². The van der Waals surface area contributed by atoms with Crippen LogP contribution < -0.4 is 4.31 Å². The Kier molecular flexibility index (Phi) is 4.44. The molecule has 106 valence electrons. The highest BCUT2D eigenvalue weighted by molar-refractivity contribution is 7.92. The number of nitrogens with zero attached hydrogens (tertiary/aromatic N) is 1. The summed E-state index contributed by atoms with van der Waals surface area (Å²) in [6, 6.07) is 7.13. The van der Waals surface area contributed by atoms with Crippen molar-refractivity contribution in [3.8, 4) is 0 Å². The molecule has 0 radical (unpaired) electrons. The van der Waals surface area contributed by atoms with Crippen molar-refractivity contribution < 1.29 is 18.3 Å². The number of hydrogen-bond donors (Lipinski definition) is 1. The molecule has 6 heteroatoms. The number of aliphatic hydroxyl groups is 1. The molecule has 0 bridgehead atoms. The van der Waals surface area contributed by atoms with E-state index in [2.05, 4.69) is 0 Å². The van der Waals surface area contributed by atoms with Gasteiger partial charge in [0.15, 0.2) is 0 Å². The Balaban J connectivity index is 2.38. The molecule has 1 aromatic rings. The molecule has 1 atom stereocenters. The molecule has 2 rings (SSSR count). The van der Waals surface area contributed by atoms with Crippen LogP contribution in [0.3, 0.4) is 0 Å². The third-order valence-electron chi connectivity index (χ3n) is 3.28. The molecule has 5 nitrogen and oxygen atoms in total. The van der Waals surface area contributed by atoms with Crippen molar-refractivity contribution in [1.29, 1.82) is 0 Å². The fourth-order valence-electron chi connectivity index (χ4n) is 2.29. The van der Waals surface area contributed by atoms with E-state index in [9.17, 15) is 13.5 Å². The van der Waals surface area contributed by atoms with Gasteiger partial charge in [-0.2, -0.15) is 0 Å². The quantitative estimate of drug-likeness (QED) is 0.905. The van der Waals surface area contributed by atoms with Gasteiger partial charge in [-0.15, -0.1) is 0 Å². The molecule has 0 aliphatic carbocycles. The van der Waals surface area contributed by atoms with E-state index < -0.39 is 16.1 Å². The summed E-state index contributed by atoms with van der Waals surface area (Å²) < 4.78 is 30.9. The van der Waals surface area contributed by atoms with Crippen LogP contribution in [-0.4, -0.2) is 39.5 Å². The van der Waals surface area contributed by atoms with E-state index in [-0.39, 0.29) is 12.4 Å². The molecule has 1 aliphatic rings. The summed E-state index contributed by atoms with van der Waals surface area (Å²) >= 11 is 0. The third kappa shape index (κ3) is 3.08. The lowest BCUT2D eigenvalue weighted by Crippen LogP contribution is -2.35. The maximum absolute atomic E-state index is 12.3. The van der Waals surface area contributed by atoms with Crippen LogP contribution in [0.15, 0.2) is 24.3 Å². The van der Waals surface area contributed by atoms with Gasteiger partial charge in [0.05, 0.1) is 24.2 Å². The van der Waals surface area contributed by atoms with Crippen molar-refractivity contribution >= 4 is 15.7 Å². The molecule has 0 fully saturated rings. The average molecular weight is 285 g/mol. The number of rotatable bonds is 4. The van der Waals surface area contributed by atoms with Gasteiger partial charge < -0.3 is 9.84 Å². The highest BCUT2D eigenvalue weighted by Crippen LogP contribution is 2.34. The minimum Gasteiger partial charge on any atom is -0.388 e. The topological polar surface area (TPSA) is 66.8 Å². The summed E-state index contributed by atoms with van der Waals surface area (Å²) in [5.74, 6) is -0.0477. The van der Waals surface area contributed by atoms with Crippen LogP contribution in [-0.2, 0) is 14.8 Å². The average Bonchev–Trinajstić information content (AvgIpc) is 2.57. The summed E-state index contributed by atoms with van der Waals surface area (Å²) in [4.78, 5) is 0. The Hall–Kier alpha value is -1.11. The highest BCUT2D eigenvalue weighted by Gasteiger charge is 2.28. The molecule has 1 aliphatic heterocycles. The van der Waals surface area contributed by atoms with Crippen molar-refractivity contribution in [2.45, 2.75) is 18.9 Å². The normalized spacial score (nSPS) is 19.9. The SMILES string of the molecule is COCCS(=O)(=O)N1CCCC(O)c2ccccc21. The standard InChI is InChI=1S/C13H19NO4S/c1-18-9-10-19(16,17)14-8-4-7-13(15)11-5-2-3-6-12(11)14/h2-3,5-6,13,15H,4,7-10H2,1H3. The van der Waals surface area contributed by atoms with Crippen LogP contribution in [0.4, 0.5) is 5.69 Å². The molecule has 0 aromatic heterocycles. The number of aliphatic hydroxyl groups excluding tert-OH is 1. The molecule has 0 saturated heterocycles. The Morgan fingerprint density at radius 2 is 2.16 bits per heavy atom. The molecule has 0 amide bonds. The molecular formula is C13H19NO4S. The number of sulfonamides is 1. The zero-order valence-electron chi connectivity index (χ0n) is 10.9. The van der Waals surface area contributed by atoms with E-state index in [1.54, 1.807) is 18.2 Å². The predicted molar refractivity (Wildman–Crippen MR) is 73.6 cm³/mol. The van der Waals surface area contributed by atoms with Gasteiger partial charge in [0.1, 0.15) is 0 Å². The first-order chi connectivity index (χ1) is 9.06.